The van der Waals surface area contributed by atoms with Gasteiger partial charge >= 0.3 is 0 Å². The summed E-state index contributed by atoms with van der Waals surface area (Å²) in [7, 11) is -1.25. The minimum Gasteiger partial charge on any atom is -0.351 e. The van der Waals surface area contributed by atoms with Gasteiger partial charge in [-0.2, -0.15) is 0 Å². The molecule has 2 aromatic heterocycles. The zero-order chi connectivity index (χ0) is 19.9. The number of imidazole rings is 1. The molecule has 1 N–H and O–H groups in total. The number of nitrogens with one attached hydrogen (secondary N) is 1. The normalized spacial score (nSPS) is 18.4. The van der Waals surface area contributed by atoms with E-state index in [-0.39, 0.29) is 30.0 Å². The number of halogens is 1. The number of rotatable bonds is 5. The van der Waals surface area contributed by atoms with Crippen LogP contribution in [0.15, 0.2) is 30.5 Å². The maximum absolute atomic E-state index is 12.2. The lowest BCUT2D eigenvalue weighted by atomic mass is 10.2. The fourth-order valence-electron chi connectivity index (χ4n) is 3.07. The zero-order valence-electron chi connectivity index (χ0n) is 15.0. The molecule has 0 spiro atoms. The zero-order valence-corrected chi connectivity index (χ0v) is 17.4. The van der Waals surface area contributed by atoms with E-state index >= 15 is 0 Å². The number of hydrogen-bond donors (Lipinski definition) is 1. The molecule has 4 rings (SSSR count). The highest BCUT2D eigenvalue weighted by Crippen LogP contribution is 2.26. The summed E-state index contributed by atoms with van der Waals surface area (Å²) >= 11 is 7.29. The Bertz CT molecular complexity index is 1090. The average molecular weight is 440 g/mol. The number of hydrogen-bond acceptors (Lipinski definition) is 7. The molecule has 0 saturated carbocycles. The molecular formula is C17H18ClN5O3S2. The number of aromatic nitrogens is 3. The molecule has 1 aliphatic heterocycles. The predicted octanol–water partition coefficient (Wildman–Crippen LogP) is 1.85. The highest BCUT2D eigenvalue weighted by molar-refractivity contribution is 7.91. The van der Waals surface area contributed by atoms with Gasteiger partial charge in [0.05, 0.1) is 29.9 Å². The molecule has 1 atom stereocenters. The molecule has 11 heteroatoms. The van der Waals surface area contributed by atoms with Crippen molar-refractivity contribution in [2.45, 2.75) is 12.5 Å². The Kier molecular flexibility index (Phi) is 5.02. The number of amides is 1. The van der Waals surface area contributed by atoms with Crippen LogP contribution in [-0.2, 0) is 14.6 Å². The van der Waals surface area contributed by atoms with Gasteiger partial charge in [0, 0.05) is 23.7 Å². The Balaban J connectivity index is 1.41. The molecule has 1 amide bonds. The second kappa shape index (κ2) is 7.34. The lowest BCUT2D eigenvalue weighted by Gasteiger charge is -2.17. The Hall–Kier alpha value is -2.17. The fourth-order valence-corrected chi connectivity index (χ4v) is 5.71. The van der Waals surface area contributed by atoms with Gasteiger partial charge in [0.15, 0.2) is 9.84 Å². The van der Waals surface area contributed by atoms with Crippen molar-refractivity contribution in [1.82, 2.24) is 19.9 Å². The molecule has 3 aromatic rings. The minimum atomic E-state index is -3.02. The Morgan fingerprint density at radius 3 is 2.79 bits per heavy atom. The third-order valence-corrected chi connectivity index (χ3v) is 7.53. The van der Waals surface area contributed by atoms with E-state index in [2.05, 4.69) is 15.4 Å². The van der Waals surface area contributed by atoms with E-state index in [0.29, 0.717) is 21.5 Å². The van der Waals surface area contributed by atoms with E-state index in [1.807, 2.05) is 30.5 Å². The van der Waals surface area contributed by atoms with Crippen LogP contribution in [0.25, 0.3) is 16.2 Å². The van der Waals surface area contributed by atoms with Crippen molar-refractivity contribution < 1.29 is 13.2 Å². The van der Waals surface area contributed by atoms with Crippen LogP contribution in [0.5, 0.6) is 0 Å². The van der Waals surface area contributed by atoms with Gasteiger partial charge in [-0.3, -0.25) is 4.79 Å². The first-order valence-corrected chi connectivity index (χ1v) is 11.6. The smallest absolute Gasteiger partial charge is 0.239 e. The number of fused-ring (bicyclic) bond motifs is 1. The van der Waals surface area contributed by atoms with E-state index < -0.39 is 9.84 Å². The Morgan fingerprint density at radius 2 is 2.14 bits per heavy atom. The van der Waals surface area contributed by atoms with Gasteiger partial charge in [0.25, 0.3) is 0 Å². The van der Waals surface area contributed by atoms with Crippen molar-refractivity contribution in [3.63, 3.8) is 0 Å². The van der Waals surface area contributed by atoms with E-state index in [0.717, 1.165) is 11.3 Å². The molecule has 8 nitrogen and oxygen atoms in total. The summed E-state index contributed by atoms with van der Waals surface area (Å²) in [5, 5.41) is 8.58. The number of nitrogens with zero attached hydrogens (tertiary/aromatic N) is 4. The van der Waals surface area contributed by atoms with Crippen molar-refractivity contribution in [3.05, 3.63) is 35.5 Å². The Morgan fingerprint density at radius 1 is 1.39 bits per heavy atom. The van der Waals surface area contributed by atoms with Crippen LogP contribution in [0, 0.1) is 0 Å². The van der Waals surface area contributed by atoms with Gasteiger partial charge in [-0.15, -0.1) is 5.10 Å². The second-order valence-electron chi connectivity index (χ2n) is 6.77. The molecule has 1 aromatic carbocycles. The van der Waals surface area contributed by atoms with Crippen LogP contribution in [0.4, 0.5) is 5.13 Å². The molecule has 0 radical (unpaired) electrons. The SMILES string of the molecule is CN(CC(=O)NC1CCS(=O)(=O)C1)c1nn2cc(-c3ccc(Cl)cc3)nc2s1. The summed E-state index contributed by atoms with van der Waals surface area (Å²) in [6.07, 6.45) is 2.30. The first kappa shape index (κ1) is 19.2. The van der Waals surface area contributed by atoms with Gasteiger partial charge < -0.3 is 10.2 Å². The largest absolute Gasteiger partial charge is 0.351 e. The number of benzene rings is 1. The fraction of sp³-hybridized carbons (Fsp3) is 0.353. The standard InChI is InChI=1S/C17H18ClN5O3S2/c1-22(9-15(24)19-13-6-7-28(25,26)10-13)17-21-23-8-14(20-16(23)27-17)11-2-4-12(18)5-3-11/h2-5,8,13H,6-7,9-10H2,1H3,(H,19,24). The third-order valence-electron chi connectivity index (χ3n) is 4.48. The molecule has 3 heterocycles. The van der Waals surface area contributed by atoms with Gasteiger partial charge in [0.1, 0.15) is 0 Å². The summed E-state index contributed by atoms with van der Waals surface area (Å²) in [5.41, 5.74) is 1.74. The van der Waals surface area contributed by atoms with Crippen LogP contribution in [0.2, 0.25) is 5.02 Å². The van der Waals surface area contributed by atoms with E-state index in [9.17, 15) is 13.2 Å². The van der Waals surface area contributed by atoms with Crippen LogP contribution < -0.4 is 10.2 Å². The van der Waals surface area contributed by atoms with Gasteiger partial charge in [-0.25, -0.2) is 17.9 Å². The first-order chi connectivity index (χ1) is 13.3. The quantitative estimate of drug-likeness (QED) is 0.651. The number of carbonyl (C=O) groups excluding carboxylic acids is 1. The lowest BCUT2D eigenvalue weighted by molar-refractivity contribution is -0.120. The Labute approximate surface area is 171 Å². The van der Waals surface area contributed by atoms with Crippen LogP contribution in [0.3, 0.4) is 0 Å². The van der Waals surface area contributed by atoms with Crippen molar-refractivity contribution in [3.8, 4) is 11.3 Å². The lowest BCUT2D eigenvalue weighted by Crippen LogP contribution is -2.41. The topological polar surface area (TPSA) is 96.7 Å². The average Bonchev–Trinajstić information content (AvgIpc) is 3.28. The van der Waals surface area contributed by atoms with Gasteiger partial charge in [0.2, 0.25) is 16.0 Å². The molecule has 148 valence electrons. The minimum absolute atomic E-state index is 0.0149. The van der Waals surface area contributed by atoms with E-state index in [1.54, 1.807) is 16.5 Å². The van der Waals surface area contributed by atoms with Crippen LogP contribution in [0.1, 0.15) is 6.42 Å². The highest BCUT2D eigenvalue weighted by atomic mass is 35.5. The van der Waals surface area contributed by atoms with Crippen molar-refractivity contribution in [2.24, 2.45) is 0 Å². The molecule has 0 bridgehead atoms. The molecule has 1 unspecified atom stereocenters. The molecule has 1 saturated heterocycles. The third kappa shape index (κ3) is 4.13. The second-order valence-corrected chi connectivity index (χ2v) is 10.4. The predicted molar refractivity (Wildman–Crippen MR) is 110 cm³/mol. The van der Waals surface area contributed by atoms with Gasteiger partial charge in [-0.1, -0.05) is 35.1 Å². The van der Waals surface area contributed by atoms with Crippen molar-refractivity contribution in [2.75, 3.05) is 30.0 Å². The van der Waals surface area contributed by atoms with Crippen LogP contribution >= 0.6 is 22.9 Å². The molecule has 1 aliphatic rings. The van der Waals surface area contributed by atoms with Crippen molar-refractivity contribution in [1.29, 1.82) is 0 Å². The summed E-state index contributed by atoms with van der Waals surface area (Å²) in [4.78, 5) is 19.2. The summed E-state index contributed by atoms with van der Waals surface area (Å²) in [6, 6.07) is 7.11. The van der Waals surface area contributed by atoms with Crippen LogP contribution in [-0.4, -0.2) is 60.1 Å². The number of carbonyl (C=O) groups is 1. The maximum atomic E-state index is 12.2. The summed E-state index contributed by atoms with van der Waals surface area (Å²) < 4.78 is 24.7. The first-order valence-electron chi connectivity index (χ1n) is 8.62. The van der Waals surface area contributed by atoms with Crippen molar-refractivity contribution >= 4 is 48.8 Å². The number of anilines is 1. The maximum Gasteiger partial charge on any atom is 0.239 e. The molecule has 28 heavy (non-hydrogen) atoms. The summed E-state index contributed by atoms with van der Waals surface area (Å²) in [5.74, 6) is -0.0756. The molecule has 1 fully saturated rings. The summed E-state index contributed by atoms with van der Waals surface area (Å²) in [6.45, 7) is 0.0945. The molecular weight excluding hydrogens is 422 g/mol. The molecule has 0 aliphatic carbocycles. The van der Waals surface area contributed by atoms with E-state index in [1.165, 1.54) is 11.3 Å². The van der Waals surface area contributed by atoms with E-state index in [4.69, 9.17) is 11.6 Å². The number of likely N-dealkylation sites (N-methyl/N-ethyl adjacent to an activating group) is 1. The highest BCUT2D eigenvalue weighted by Gasteiger charge is 2.29. The monoisotopic (exact) mass is 439 g/mol. The number of sulfone groups is 1. The van der Waals surface area contributed by atoms with Gasteiger partial charge in [-0.05, 0) is 18.6 Å².